The summed E-state index contributed by atoms with van der Waals surface area (Å²) in [5, 5.41) is 16.9. The number of halogens is 1. The second-order valence-corrected chi connectivity index (χ2v) is 7.51. The fraction of sp³-hybridized carbons (Fsp3) is 0.389. The first-order chi connectivity index (χ1) is 12.7. The molecule has 136 valence electrons. The molecule has 1 saturated heterocycles. The van der Waals surface area contributed by atoms with Crippen LogP contribution in [-0.2, 0) is 0 Å². The fourth-order valence-electron chi connectivity index (χ4n) is 3.45. The maximum absolute atomic E-state index is 5.52. The predicted molar refractivity (Wildman–Crippen MR) is 105 cm³/mol. The Morgan fingerprint density at radius 3 is 2.96 bits per heavy atom. The van der Waals surface area contributed by atoms with Gasteiger partial charge in [0.05, 0.1) is 18.8 Å². The van der Waals surface area contributed by atoms with Gasteiger partial charge in [-0.15, -0.1) is 10.2 Å². The van der Waals surface area contributed by atoms with Gasteiger partial charge in [-0.25, -0.2) is 0 Å². The average molecular weight is 417 g/mol. The molecule has 0 unspecified atom stereocenters. The third-order valence-electron chi connectivity index (χ3n) is 4.71. The van der Waals surface area contributed by atoms with Crippen molar-refractivity contribution < 1.29 is 4.74 Å². The molecule has 26 heavy (non-hydrogen) atoms. The molecule has 0 spiro atoms. The number of methoxy groups -OCH3 is 1. The standard InChI is InChI=1S/C18H21BrN6O/c1-24-9-3-4-13(11-24)21-18-23-22-17(15-7-8-20-25(15)18)14-6-5-12(19)10-16(14)26-2/h5-8,10,13H,3-4,9,11H2,1-2H3,(H,21,23)/t13-/m1/s1. The number of rotatable bonds is 4. The zero-order chi connectivity index (χ0) is 18.1. The van der Waals surface area contributed by atoms with E-state index in [-0.39, 0.29) is 0 Å². The summed E-state index contributed by atoms with van der Waals surface area (Å²) in [6.07, 6.45) is 4.07. The Morgan fingerprint density at radius 1 is 1.27 bits per heavy atom. The Labute approximate surface area is 160 Å². The van der Waals surface area contributed by atoms with Crippen molar-refractivity contribution in [3.63, 3.8) is 0 Å². The molecule has 3 heterocycles. The minimum Gasteiger partial charge on any atom is -0.496 e. The van der Waals surface area contributed by atoms with Crippen LogP contribution in [0, 0.1) is 0 Å². The number of anilines is 1. The Bertz CT molecular complexity index is 927. The molecule has 1 N–H and O–H groups in total. The lowest BCUT2D eigenvalue weighted by Crippen LogP contribution is -2.40. The summed E-state index contributed by atoms with van der Waals surface area (Å²) in [4.78, 5) is 2.33. The number of nitrogens with zero attached hydrogens (tertiary/aromatic N) is 5. The molecule has 0 radical (unpaired) electrons. The van der Waals surface area contributed by atoms with Crippen LogP contribution in [-0.4, -0.2) is 58.0 Å². The average Bonchev–Trinajstić information content (AvgIpc) is 3.12. The number of hydrogen-bond acceptors (Lipinski definition) is 6. The van der Waals surface area contributed by atoms with Gasteiger partial charge in [-0.05, 0) is 50.7 Å². The molecule has 1 aliphatic heterocycles. The van der Waals surface area contributed by atoms with Crippen molar-refractivity contribution in [3.8, 4) is 17.0 Å². The van der Waals surface area contributed by atoms with Crippen molar-refractivity contribution in [2.75, 3.05) is 32.6 Å². The van der Waals surface area contributed by atoms with Gasteiger partial charge in [-0.2, -0.15) is 9.61 Å². The molecule has 1 fully saturated rings. The van der Waals surface area contributed by atoms with Crippen LogP contribution in [0.5, 0.6) is 5.75 Å². The van der Waals surface area contributed by atoms with Crippen LogP contribution in [0.3, 0.4) is 0 Å². The molecular formula is C18H21BrN6O. The number of benzene rings is 1. The summed E-state index contributed by atoms with van der Waals surface area (Å²) in [5.74, 6) is 1.41. The van der Waals surface area contributed by atoms with Crippen LogP contribution in [0.4, 0.5) is 5.95 Å². The molecule has 2 aromatic heterocycles. The van der Waals surface area contributed by atoms with Gasteiger partial charge in [-0.3, -0.25) is 0 Å². The van der Waals surface area contributed by atoms with Gasteiger partial charge in [0, 0.05) is 22.6 Å². The molecule has 1 aliphatic rings. The largest absolute Gasteiger partial charge is 0.496 e. The second-order valence-electron chi connectivity index (χ2n) is 6.59. The summed E-state index contributed by atoms with van der Waals surface area (Å²) in [6.45, 7) is 2.13. The highest BCUT2D eigenvalue weighted by atomic mass is 79.9. The molecule has 0 bridgehead atoms. The number of piperidine rings is 1. The molecule has 0 saturated carbocycles. The molecule has 1 atom stereocenters. The van der Waals surface area contributed by atoms with Crippen molar-refractivity contribution in [3.05, 3.63) is 34.9 Å². The number of likely N-dealkylation sites (tertiary alicyclic amines) is 1. The van der Waals surface area contributed by atoms with Gasteiger partial charge in [0.25, 0.3) is 0 Å². The fourth-order valence-corrected chi connectivity index (χ4v) is 3.79. The first-order valence-electron chi connectivity index (χ1n) is 8.65. The molecule has 8 heteroatoms. The van der Waals surface area contributed by atoms with E-state index in [0.29, 0.717) is 12.0 Å². The van der Waals surface area contributed by atoms with Crippen molar-refractivity contribution in [2.24, 2.45) is 0 Å². The third kappa shape index (κ3) is 3.26. The molecule has 1 aromatic carbocycles. The number of hydrogen-bond donors (Lipinski definition) is 1. The Kier molecular flexibility index (Phi) is 4.78. The van der Waals surface area contributed by atoms with Crippen LogP contribution in [0.2, 0.25) is 0 Å². The predicted octanol–water partition coefficient (Wildman–Crippen LogP) is 3.07. The highest BCUT2D eigenvalue weighted by molar-refractivity contribution is 9.10. The first kappa shape index (κ1) is 17.2. The van der Waals surface area contributed by atoms with E-state index in [4.69, 9.17) is 4.74 Å². The third-order valence-corrected chi connectivity index (χ3v) is 5.20. The van der Waals surface area contributed by atoms with Gasteiger partial charge >= 0.3 is 0 Å². The first-order valence-corrected chi connectivity index (χ1v) is 9.44. The molecule has 0 aliphatic carbocycles. The summed E-state index contributed by atoms with van der Waals surface area (Å²) < 4.78 is 8.29. The lowest BCUT2D eigenvalue weighted by molar-refractivity contribution is 0.260. The van der Waals surface area contributed by atoms with E-state index in [1.165, 1.54) is 6.42 Å². The van der Waals surface area contributed by atoms with E-state index >= 15 is 0 Å². The number of likely N-dealkylation sites (N-methyl/N-ethyl adjacent to an activating group) is 1. The monoisotopic (exact) mass is 416 g/mol. The molecule has 3 aromatic rings. The summed E-state index contributed by atoms with van der Waals surface area (Å²) in [5.41, 5.74) is 2.53. The minimum absolute atomic E-state index is 0.350. The normalized spacial score (nSPS) is 18.2. The van der Waals surface area contributed by atoms with Crippen molar-refractivity contribution in [2.45, 2.75) is 18.9 Å². The quantitative estimate of drug-likeness (QED) is 0.704. The van der Waals surface area contributed by atoms with Crippen LogP contribution in [0.25, 0.3) is 16.8 Å². The van der Waals surface area contributed by atoms with Crippen molar-refractivity contribution in [1.29, 1.82) is 0 Å². The Morgan fingerprint density at radius 2 is 2.15 bits per heavy atom. The van der Waals surface area contributed by atoms with Gasteiger partial charge in [0.2, 0.25) is 5.95 Å². The maximum Gasteiger partial charge on any atom is 0.244 e. The Hall–Kier alpha value is -2.19. The highest BCUT2D eigenvalue weighted by Gasteiger charge is 2.20. The summed E-state index contributed by atoms with van der Waals surface area (Å²) in [7, 11) is 3.80. The number of ether oxygens (including phenoxy) is 1. The minimum atomic E-state index is 0.350. The van der Waals surface area contributed by atoms with E-state index in [1.807, 2.05) is 28.8 Å². The lowest BCUT2D eigenvalue weighted by Gasteiger charge is -2.30. The zero-order valence-electron chi connectivity index (χ0n) is 14.8. The molecule has 4 rings (SSSR count). The van der Waals surface area contributed by atoms with Gasteiger partial charge in [-0.1, -0.05) is 15.9 Å². The van der Waals surface area contributed by atoms with E-state index in [0.717, 1.165) is 46.5 Å². The topological polar surface area (TPSA) is 67.6 Å². The van der Waals surface area contributed by atoms with E-state index < -0.39 is 0 Å². The summed E-state index contributed by atoms with van der Waals surface area (Å²) in [6, 6.07) is 8.17. The Balaban J connectivity index is 1.72. The number of fused-ring (bicyclic) bond motifs is 1. The summed E-state index contributed by atoms with van der Waals surface area (Å²) >= 11 is 3.48. The smallest absolute Gasteiger partial charge is 0.244 e. The van der Waals surface area contributed by atoms with E-state index in [2.05, 4.69) is 48.5 Å². The van der Waals surface area contributed by atoms with Crippen LogP contribution in [0.15, 0.2) is 34.9 Å². The molecular weight excluding hydrogens is 396 g/mol. The van der Waals surface area contributed by atoms with Gasteiger partial charge in [0.1, 0.15) is 11.4 Å². The maximum atomic E-state index is 5.52. The second kappa shape index (κ2) is 7.20. The van der Waals surface area contributed by atoms with Crippen LogP contribution < -0.4 is 10.1 Å². The van der Waals surface area contributed by atoms with Crippen molar-refractivity contribution >= 4 is 27.4 Å². The van der Waals surface area contributed by atoms with Crippen LogP contribution in [0.1, 0.15) is 12.8 Å². The van der Waals surface area contributed by atoms with Gasteiger partial charge < -0.3 is 15.0 Å². The highest BCUT2D eigenvalue weighted by Crippen LogP contribution is 2.33. The van der Waals surface area contributed by atoms with E-state index in [9.17, 15) is 0 Å². The number of aromatic nitrogens is 4. The molecule has 0 amide bonds. The lowest BCUT2D eigenvalue weighted by atomic mass is 10.1. The SMILES string of the molecule is COc1cc(Br)ccc1-c1nnc(N[C@@H]2CCCN(C)C2)n2nccc12. The van der Waals surface area contributed by atoms with Crippen LogP contribution >= 0.6 is 15.9 Å². The zero-order valence-corrected chi connectivity index (χ0v) is 16.4. The van der Waals surface area contributed by atoms with E-state index in [1.54, 1.807) is 13.3 Å². The number of nitrogens with one attached hydrogen (secondary N) is 1. The molecule has 7 nitrogen and oxygen atoms in total. The van der Waals surface area contributed by atoms with Crippen molar-refractivity contribution in [1.82, 2.24) is 24.7 Å². The van der Waals surface area contributed by atoms with Gasteiger partial charge in [0.15, 0.2) is 0 Å².